The van der Waals surface area contributed by atoms with Crippen LogP contribution in [0, 0.1) is 0 Å². The average molecular weight is 435 g/mol. The molecule has 9 heteroatoms. The van der Waals surface area contributed by atoms with Gasteiger partial charge in [0.2, 0.25) is 5.91 Å². The molecule has 164 valence electrons. The lowest BCUT2D eigenvalue weighted by Crippen LogP contribution is -2.42. The van der Waals surface area contributed by atoms with Crippen LogP contribution in [0.1, 0.15) is 5.76 Å². The van der Waals surface area contributed by atoms with Gasteiger partial charge in [0, 0.05) is 6.07 Å². The van der Waals surface area contributed by atoms with Crippen LogP contribution in [0.2, 0.25) is 0 Å². The number of carbonyl (C=O) groups is 1. The summed E-state index contributed by atoms with van der Waals surface area (Å²) in [5.41, 5.74) is -0.257. The number of aromatic nitrogens is 2. The number of furan rings is 1. The highest BCUT2D eigenvalue weighted by Crippen LogP contribution is 2.29. The summed E-state index contributed by atoms with van der Waals surface area (Å²) >= 11 is 0. The molecule has 1 N–H and O–H groups in total. The lowest BCUT2D eigenvalue weighted by molar-refractivity contribution is -0.116. The van der Waals surface area contributed by atoms with E-state index in [2.05, 4.69) is 5.32 Å². The van der Waals surface area contributed by atoms with Crippen LogP contribution in [-0.2, 0) is 17.9 Å². The molecule has 1 amide bonds. The van der Waals surface area contributed by atoms with Gasteiger partial charge in [0.25, 0.3) is 5.56 Å². The molecule has 0 saturated carbocycles. The minimum absolute atomic E-state index is 0.0383. The van der Waals surface area contributed by atoms with Gasteiger partial charge in [-0.05, 0) is 36.4 Å². The number of methoxy groups -OCH3 is 2. The summed E-state index contributed by atoms with van der Waals surface area (Å²) in [7, 11) is 3.01. The van der Waals surface area contributed by atoms with Crippen LogP contribution < -0.4 is 26.0 Å². The minimum atomic E-state index is -0.609. The summed E-state index contributed by atoms with van der Waals surface area (Å²) < 4.78 is 18.1. The minimum Gasteiger partial charge on any atom is -0.497 e. The highest BCUT2D eigenvalue weighted by atomic mass is 16.5. The lowest BCUT2D eigenvalue weighted by atomic mass is 10.2. The van der Waals surface area contributed by atoms with E-state index in [0.717, 1.165) is 4.57 Å². The van der Waals surface area contributed by atoms with Gasteiger partial charge in [-0.25, -0.2) is 4.79 Å². The number of hydrogen-bond donors (Lipinski definition) is 1. The first-order chi connectivity index (χ1) is 15.5. The highest BCUT2D eigenvalue weighted by molar-refractivity contribution is 5.93. The summed E-state index contributed by atoms with van der Waals surface area (Å²) in [6.07, 6.45) is 1.47. The molecule has 0 aliphatic rings. The third kappa shape index (κ3) is 4.00. The second-order valence-electron chi connectivity index (χ2n) is 6.97. The zero-order valence-corrected chi connectivity index (χ0v) is 17.5. The van der Waals surface area contributed by atoms with E-state index in [1.165, 1.54) is 25.0 Å². The second-order valence-corrected chi connectivity index (χ2v) is 6.97. The third-order valence-corrected chi connectivity index (χ3v) is 5.01. The molecule has 0 unspecified atom stereocenters. The summed E-state index contributed by atoms with van der Waals surface area (Å²) in [5, 5.41) is 3.07. The lowest BCUT2D eigenvalue weighted by Gasteiger charge is -2.15. The topological polar surface area (TPSA) is 105 Å². The molecule has 4 aromatic rings. The number of nitrogens with one attached hydrogen (secondary N) is 1. The fraction of sp³-hybridized carbons (Fsp3) is 0.174. The van der Waals surface area contributed by atoms with Crippen LogP contribution in [-0.4, -0.2) is 29.3 Å². The maximum Gasteiger partial charge on any atom is 0.332 e. The number of rotatable bonds is 7. The predicted molar refractivity (Wildman–Crippen MR) is 118 cm³/mol. The smallest absolute Gasteiger partial charge is 0.332 e. The van der Waals surface area contributed by atoms with Crippen molar-refractivity contribution in [3.8, 4) is 11.5 Å². The second kappa shape index (κ2) is 8.84. The molecule has 0 spiro atoms. The predicted octanol–water partition coefficient (Wildman–Crippen LogP) is 2.46. The fourth-order valence-corrected chi connectivity index (χ4v) is 3.46. The summed E-state index contributed by atoms with van der Waals surface area (Å²) in [5.74, 6) is 0.993. The van der Waals surface area contributed by atoms with Gasteiger partial charge in [-0.3, -0.25) is 18.7 Å². The molecule has 9 nitrogen and oxygen atoms in total. The molecule has 2 aromatic carbocycles. The van der Waals surface area contributed by atoms with Crippen molar-refractivity contribution >= 4 is 22.5 Å². The summed E-state index contributed by atoms with van der Waals surface area (Å²) in [4.78, 5) is 39.0. The zero-order chi connectivity index (χ0) is 22.7. The van der Waals surface area contributed by atoms with E-state index >= 15 is 0 Å². The molecule has 2 heterocycles. The molecule has 0 aliphatic carbocycles. The quantitative estimate of drug-likeness (QED) is 0.478. The molecule has 0 radical (unpaired) electrons. The Morgan fingerprint density at radius 2 is 1.81 bits per heavy atom. The Labute approximate surface area is 182 Å². The molecular weight excluding hydrogens is 414 g/mol. The Kier molecular flexibility index (Phi) is 5.80. The van der Waals surface area contributed by atoms with E-state index in [1.54, 1.807) is 54.6 Å². The first-order valence-electron chi connectivity index (χ1n) is 9.78. The monoisotopic (exact) mass is 435 g/mol. The van der Waals surface area contributed by atoms with Gasteiger partial charge in [0.05, 0.1) is 43.6 Å². The number of anilines is 1. The van der Waals surface area contributed by atoms with Gasteiger partial charge in [0.15, 0.2) is 0 Å². The molecular formula is C23H21N3O6. The largest absolute Gasteiger partial charge is 0.497 e. The SMILES string of the molecule is COc1ccc(NC(=O)Cn2c(=O)n(Cc3ccco3)c(=O)c3ccccc32)c(OC)c1. The van der Waals surface area contributed by atoms with Gasteiger partial charge in [0.1, 0.15) is 23.8 Å². The third-order valence-electron chi connectivity index (χ3n) is 5.01. The van der Waals surface area contributed by atoms with Crippen molar-refractivity contribution in [1.82, 2.24) is 9.13 Å². The summed E-state index contributed by atoms with van der Waals surface area (Å²) in [6, 6.07) is 15.0. The number of amides is 1. The number of fused-ring (bicyclic) bond motifs is 1. The van der Waals surface area contributed by atoms with Gasteiger partial charge in [-0.2, -0.15) is 0 Å². The Bertz CT molecular complexity index is 1390. The number of carbonyl (C=O) groups excluding carboxylic acids is 1. The molecule has 4 rings (SSSR count). The van der Waals surface area contributed by atoms with Crippen LogP contribution in [0.5, 0.6) is 11.5 Å². The number of ether oxygens (including phenoxy) is 2. The molecule has 0 bridgehead atoms. The van der Waals surface area contributed by atoms with E-state index in [0.29, 0.717) is 33.8 Å². The molecule has 32 heavy (non-hydrogen) atoms. The number of hydrogen-bond acceptors (Lipinski definition) is 6. The normalized spacial score (nSPS) is 10.8. The molecule has 0 atom stereocenters. The van der Waals surface area contributed by atoms with Crippen molar-refractivity contribution in [1.29, 1.82) is 0 Å². The van der Waals surface area contributed by atoms with Crippen LogP contribution in [0.15, 0.2) is 74.9 Å². The van der Waals surface area contributed by atoms with Gasteiger partial charge in [-0.15, -0.1) is 0 Å². The average Bonchev–Trinajstić information content (AvgIpc) is 3.33. The van der Waals surface area contributed by atoms with Gasteiger partial charge in [-0.1, -0.05) is 12.1 Å². The Morgan fingerprint density at radius 1 is 1.00 bits per heavy atom. The van der Waals surface area contributed by atoms with Crippen LogP contribution in [0.3, 0.4) is 0 Å². The van der Waals surface area contributed by atoms with Crippen molar-refractivity contribution in [3.63, 3.8) is 0 Å². The van der Waals surface area contributed by atoms with Crippen LogP contribution >= 0.6 is 0 Å². The maximum atomic E-state index is 13.2. The molecule has 2 aromatic heterocycles. The Hall–Kier alpha value is -4.27. The Morgan fingerprint density at radius 3 is 2.53 bits per heavy atom. The summed E-state index contributed by atoms with van der Waals surface area (Å²) in [6.45, 7) is -0.337. The van der Waals surface area contributed by atoms with E-state index < -0.39 is 17.2 Å². The zero-order valence-electron chi connectivity index (χ0n) is 17.5. The first kappa shape index (κ1) is 21.0. The van der Waals surface area contributed by atoms with Crippen molar-refractivity contribution in [3.05, 3.63) is 87.5 Å². The maximum absolute atomic E-state index is 13.2. The number of para-hydroxylation sites is 1. The molecule has 0 aliphatic heterocycles. The van der Waals surface area contributed by atoms with E-state index in [1.807, 2.05) is 0 Å². The molecule has 0 saturated heterocycles. The standard InChI is InChI=1S/C23H21N3O6/c1-30-15-9-10-18(20(12-15)31-2)24-21(27)14-25-19-8-4-3-7-17(19)22(28)26(23(25)29)13-16-6-5-11-32-16/h3-12H,13-14H2,1-2H3,(H,24,27). The van der Waals surface area contributed by atoms with E-state index in [-0.39, 0.29) is 13.1 Å². The van der Waals surface area contributed by atoms with Crippen molar-refractivity contribution in [2.45, 2.75) is 13.1 Å². The first-order valence-corrected chi connectivity index (χ1v) is 9.78. The Balaban J connectivity index is 1.72. The number of nitrogens with zero attached hydrogens (tertiary/aromatic N) is 2. The van der Waals surface area contributed by atoms with Gasteiger partial charge >= 0.3 is 5.69 Å². The van der Waals surface area contributed by atoms with Crippen molar-refractivity contribution < 1.29 is 18.7 Å². The van der Waals surface area contributed by atoms with Crippen LogP contribution in [0.25, 0.3) is 10.9 Å². The van der Waals surface area contributed by atoms with Crippen molar-refractivity contribution in [2.24, 2.45) is 0 Å². The fourth-order valence-electron chi connectivity index (χ4n) is 3.46. The highest BCUT2D eigenvalue weighted by Gasteiger charge is 2.17. The van der Waals surface area contributed by atoms with Gasteiger partial charge < -0.3 is 19.2 Å². The van der Waals surface area contributed by atoms with Crippen molar-refractivity contribution in [2.75, 3.05) is 19.5 Å². The van der Waals surface area contributed by atoms with E-state index in [9.17, 15) is 14.4 Å². The van der Waals surface area contributed by atoms with Crippen LogP contribution in [0.4, 0.5) is 5.69 Å². The number of benzene rings is 2. The van der Waals surface area contributed by atoms with E-state index in [4.69, 9.17) is 13.9 Å². The molecule has 0 fully saturated rings.